The van der Waals surface area contributed by atoms with Gasteiger partial charge in [-0.25, -0.2) is 0 Å². The van der Waals surface area contributed by atoms with Gasteiger partial charge >= 0.3 is 0 Å². The third-order valence-electron chi connectivity index (χ3n) is 5.82. The number of benzene rings is 4. The molecule has 0 aromatic heterocycles. The smallest absolute Gasteiger partial charge is 0.00171 e. The Kier molecular flexibility index (Phi) is 2.84. The van der Waals surface area contributed by atoms with Gasteiger partial charge in [0, 0.05) is 0 Å². The summed E-state index contributed by atoms with van der Waals surface area (Å²) < 4.78 is 0. The van der Waals surface area contributed by atoms with Crippen molar-refractivity contribution in [2.45, 2.75) is 26.7 Å². The standard InChI is InChI=1S/C24H20/c1-15-21-11-17-7-3-5-9-19(17)13-23(21)16(2)24-14-20-10-6-4-8-18(20)12-22(15)24/h3-11,13H,12,14H2,1-2H3. The molecule has 0 radical (unpaired) electrons. The van der Waals surface area contributed by atoms with Crippen LogP contribution in [0.4, 0.5) is 0 Å². The fraction of sp³-hybridized carbons (Fsp3) is 0.167. The molecule has 0 bridgehead atoms. The predicted octanol–water partition coefficient (Wildman–Crippen LogP) is 6.10. The van der Waals surface area contributed by atoms with Crippen LogP contribution in [0.5, 0.6) is 0 Å². The van der Waals surface area contributed by atoms with Crippen LogP contribution in [-0.4, -0.2) is 0 Å². The van der Waals surface area contributed by atoms with Crippen LogP contribution in [0.3, 0.4) is 0 Å². The van der Waals surface area contributed by atoms with E-state index in [0.29, 0.717) is 0 Å². The Morgan fingerprint density at radius 1 is 0.583 bits per heavy atom. The Hall–Kier alpha value is -2.60. The molecule has 0 atom stereocenters. The van der Waals surface area contributed by atoms with Crippen LogP contribution in [0.25, 0.3) is 21.5 Å². The van der Waals surface area contributed by atoms with E-state index in [2.05, 4.69) is 74.5 Å². The second kappa shape index (κ2) is 4.95. The van der Waals surface area contributed by atoms with Crippen LogP contribution >= 0.6 is 0 Å². The Balaban J connectivity index is 1.86. The minimum atomic E-state index is 1.07. The van der Waals surface area contributed by atoms with Crippen molar-refractivity contribution in [2.24, 2.45) is 0 Å². The van der Waals surface area contributed by atoms with E-state index >= 15 is 0 Å². The molecule has 0 amide bonds. The number of hydrogen-bond donors (Lipinski definition) is 0. The van der Waals surface area contributed by atoms with Crippen LogP contribution < -0.4 is 0 Å². The third kappa shape index (κ3) is 1.86. The second-order valence-corrected chi connectivity index (χ2v) is 7.07. The van der Waals surface area contributed by atoms with Gasteiger partial charge in [-0.15, -0.1) is 0 Å². The molecule has 1 aliphatic carbocycles. The number of aryl methyl sites for hydroxylation is 2. The first-order valence-electron chi connectivity index (χ1n) is 8.72. The average molecular weight is 308 g/mol. The SMILES string of the molecule is Cc1c2c(c(C)c3cc4ccccc4cc13)Cc1ccccc1C2. The number of rotatable bonds is 0. The molecule has 4 aromatic rings. The monoisotopic (exact) mass is 308 g/mol. The predicted molar refractivity (Wildman–Crippen MR) is 103 cm³/mol. The summed E-state index contributed by atoms with van der Waals surface area (Å²) in [5.41, 5.74) is 9.01. The van der Waals surface area contributed by atoms with E-state index in [1.165, 1.54) is 43.8 Å². The molecule has 0 heteroatoms. The summed E-state index contributed by atoms with van der Waals surface area (Å²) in [5, 5.41) is 5.51. The summed E-state index contributed by atoms with van der Waals surface area (Å²) in [7, 11) is 0. The van der Waals surface area contributed by atoms with Gasteiger partial charge < -0.3 is 0 Å². The Labute approximate surface area is 142 Å². The highest BCUT2D eigenvalue weighted by atomic mass is 14.2. The molecule has 0 saturated carbocycles. The summed E-state index contributed by atoms with van der Waals surface area (Å²) in [6, 6.07) is 22.4. The van der Waals surface area contributed by atoms with E-state index in [1.807, 2.05) is 0 Å². The molecule has 1 aliphatic rings. The maximum atomic E-state index is 2.38. The largest absolute Gasteiger partial charge is 0.0620 e. The third-order valence-corrected chi connectivity index (χ3v) is 5.82. The topological polar surface area (TPSA) is 0 Å². The maximum absolute atomic E-state index is 2.38. The molecule has 5 rings (SSSR count). The molecular weight excluding hydrogens is 288 g/mol. The van der Waals surface area contributed by atoms with E-state index in [4.69, 9.17) is 0 Å². The van der Waals surface area contributed by atoms with Crippen LogP contribution in [0.15, 0.2) is 60.7 Å². The molecule has 0 saturated heterocycles. The van der Waals surface area contributed by atoms with Gasteiger partial charge in [0.2, 0.25) is 0 Å². The Bertz CT molecular complexity index is 1030. The molecule has 0 nitrogen and oxygen atoms in total. The summed E-state index contributed by atoms with van der Waals surface area (Å²) in [4.78, 5) is 0. The van der Waals surface area contributed by atoms with E-state index in [9.17, 15) is 0 Å². The number of fused-ring (bicyclic) bond motifs is 4. The molecule has 0 aliphatic heterocycles. The lowest BCUT2D eigenvalue weighted by Gasteiger charge is -2.25. The van der Waals surface area contributed by atoms with Gasteiger partial charge in [-0.05, 0) is 93.7 Å². The van der Waals surface area contributed by atoms with Crippen molar-refractivity contribution in [1.29, 1.82) is 0 Å². The zero-order valence-corrected chi connectivity index (χ0v) is 14.2. The van der Waals surface area contributed by atoms with Crippen molar-refractivity contribution in [1.82, 2.24) is 0 Å². The molecule has 0 spiro atoms. The molecule has 0 heterocycles. The zero-order valence-electron chi connectivity index (χ0n) is 14.2. The van der Waals surface area contributed by atoms with Crippen LogP contribution in [-0.2, 0) is 12.8 Å². The lowest BCUT2D eigenvalue weighted by Crippen LogP contribution is -2.11. The molecular formula is C24H20. The summed E-state index contributed by atoms with van der Waals surface area (Å²) in [6.07, 6.45) is 2.14. The van der Waals surface area contributed by atoms with Gasteiger partial charge in [-0.1, -0.05) is 48.5 Å². The highest BCUT2D eigenvalue weighted by Gasteiger charge is 2.21. The minimum absolute atomic E-state index is 1.07. The van der Waals surface area contributed by atoms with Crippen LogP contribution in [0.1, 0.15) is 33.4 Å². The van der Waals surface area contributed by atoms with Crippen LogP contribution in [0.2, 0.25) is 0 Å². The lowest BCUT2D eigenvalue weighted by atomic mass is 9.79. The Morgan fingerprint density at radius 2 is 1.00 bits per heavy atom. The first-order chi connectivity index (χ1) is 11.7. The maximum Gasteiger partial charge on any atom is -0.00171 e. The molecule has 0 N–H and O–H groups in total. The van der Waals surface area contributed by atoms with Crippen molar-refractivity contribution in [3.8, 4) is 0 Å². The van der Waals surface area contributed by atoms with Crippen molar-refractivity contribution >= 4 is 21.5 Å². The van der Waals surface area contributed by atoms with E-state index in [0.717, 1.165) is 12.8 Å². The molecule has 24 heavy (non-hydrogen) atoms. The second-order valence-electron chi connectivity index (χ2n) is 7.07. The first kappa shape index (κ1) is 13.8. The fourth-order valence-corrected chi connectivity index (χ4v) is 4.40. The van der Waals surface area contributed by atoms with Crippen molar-refractivity contribution in [3.05, 3.63) is 94.0 Å². The summed E-state index contributed by atoms with van der Waals surface area (Å²) in [5.74, 6) is 0. The minimum Gasteiger partial charge on any atom is -0.0620 e. The van der Waals surface area contributed by atoms with Crippen LogP contribution in [0, 0.1) is 13.8 Å². The normalized spacial score (nSPS) is 13.1. The quantitative estimate of drug-likeness (QED) is 0.303. The highest BCUT2D eigenvalue weighted by molar-refractivity contribution is 6.02. The fourth-order valence-electron chi connectivity index (χ4n) is 4.40. The lowest BCUT2D eigenvalue weighted by molar-refractivity contribution is 0.981. The zero-order chi connectivity index (χ0) is 16.3. The molecule has 0 fully saturated rings. The summed E-state index contributed by atoms with van der Waals surface area (Å²) in [6.45, 7) is 4.62. The van der Waals surface area contributed by atoms with E-state index < -0.39 is 0 Å². The molecule has 116 valence electrons. The van der Waals surface area contributed by atoms with Gasteiger partial charge in [0.15, 0.2) is 0 Å². The van der Waals surface area contributed by atoms with Crippen molar-refractivity contribution in [2.75, 3.05) is 0 Å². The summed E-state index contributed by atoms with van der Waals surface area (Å²) >= 11 is 0. The van der Waals surface area contributed by atoms with Gasteiger partial charge in [0.05, 0.1) is 0 Å². The van der Waals surface area contributed by atoms with E-state index in [-0.39, 0.29) is 0 Å². The number of hydrogen-bond acceptors (Lipinski definition) is 0. The average Bonchev–Trinajstić information content (AvgIpc) is 2.64. The highest BCUT2D eigenvalue weighted by Crippen LogP contribution is 2.38. The first-order valence-corrected chi connectivity index (χ1v) is 8.72. The van der Waals surface area contributed by atoms with Gasteiger partial charge in [0.1, 0.15) is 0 Å². The van der Waals surface area contributed by atoms with E-state index in [1.54, 1.807) is 11.1 Å². The molecule has 4 aromatic carbocycles. The van der Waals surface area contributed by atoms with Crippen molar-refractivity contribution < 1.29 is 0 Å². The van der Waals surface area contributed by atoms with Gasteiger partial charge in [-0.2, -0.15) is 0 Å². The van der Waals surface area contributed by atoms with Crippen molar-refractivity contribution in [3.63, 3.8) is 0 Å². The van der Waals surface area contributed by atoms with Gasteiger partial charge in [-0.3, -0.25) is 0 Å². The molecule has 0 unspecified atom stereocenters. The Morgan fingerprint density at radius 3 is 1.46 bits per heavy atom. The van der Waals surface area contributed by atoms with Gasteiger partial charge in [0.25, 0.3) is 0 Å².